The van der Waals surface area contributed by atoms with Gasteiger partial charge in [0.1, 0.15) is 11.0 Å². The summed E-state index contributed by atoms with van der Waals surface area (Å²) in [7, 11) is 0. The van der Waals surface area contributed by atoms with Crippen molar-refractivity contribution in [1.82, 2.24) is 9.88 Å². The number of carbonyl (C=O) groups is 1. The monoisotopic (exact) mass is 389 g/mol. The molecule has 27 heavy (non-hydrogen) atoms. The van der Waals surface area contributed by atoms with Crippen LogP contribution in [0.2, 0.25) is 0 Å². The number of thiazole rings is 1. The predicted octanol–water partition coefficient (Wildman–Crippen LogP) is 4.84. The van der Waals surface area contributed by atoms with Crippen LogP contribution in [0.1, 0.15) is 23.0 Å². The lowest BCUT2D eigenvalue weighted by Crippen LogP contribution is -2.45. The smallest absolute Gasteiger partial charge is 0.322 e. The molecular formula is C19H17F2N3O2S. The van der Waals surface area contributed by atoms with E-state index >= 15 is 0 Å². The van der Waals surface area contributed by atoms with Crippen LogP contribution in [0.4, 0.5) is 19.3 Å². The number of alkyl halides is 2. The van der Waals surface area contributed by atoms with Gasteiger partial charge >= 0.3 is 6.03 Å². The zero-order valence-corrected chi connectivity index (χ0v) is 15.1. The number of anilines is 1. The van der Waals surface area contributed by atoms with E-state index in [1.54, 1.807) is 11.0 Å². The molecule has 2 amide bonds. The number of nitrogens with one attached hydrogen (secondary N) is 1. The van der Waals surface area contributed by atoms with Crippen LogP contribution in [0, 0.1) is 0 Å². The average molecular weight is 389 g/mol. The molecule has 0 aliphatic carbocycles. The van der Waals surface area contributed by atoms with Gasteiger partial charge in [0.05, 0.1) is 29.1 Å². The van der Waals surface area contributed by atoms with Crippen LogP contribution in [-0.4, -0.2) is 35.7 Å². The molecule has 1 atom stereocenters. The van der Waals surface area contributed by atoms with Crippen LogP contribution >= 0.6 is 11.3 Å². The number of hydrogen-bond acceptors (Lipinski definition) is 4. The van der Waals surface area contributed by atoms with Gasteiger partial charge in [0.2, 0.25) is 0 Å². The molecule has 1 fully saturated rings. The largest absolute Gasteiger partial charge is 0.377 e. The highest BCUT2D eigenvalue weighted by Gasteiger charge is 2.31. The highest BCUT2D eigenvalue weighted by atomic mass is 32.1. The SMILES string of the molecule is O=C(Nc1ccccc1C(F)F)N1CCOCC1c1nc2ccccc2s1. The molecule has 1 aliphatic rings. The normalized spacial score (nSPS) is 17.4. The van der Waals surface area contributed by atoms with Crippen LogP contribution in [-0.2, 0) is 4.74 Å². The first-order valence-corrected chi connectivity index (χ1v) is 9.33. The third-order valence-electron chi connectivity index (χ3n) is 4.42. The lowest BCUT2D eigenvalue weighted by molar-refractivity contribution is 0.0147. The number of carbonyl (C=O) groups excluding carboxylic acids is 1. The molecule has 1 N–H and O–H groups in total. The number of benzene rings is 2. The summed E-state index contributed by atoms with van der Waals surface area (Å²) in [6, 6.07) is 12.9. The maximum Gasteiger partial charge on any atom is 0.322 e. The van der Waals surface area contributed by atoms with Crippen LogP contribution in [0.15, 0.2) is 48.5 Å². The van der Waals surface area contributed by atoms with Gasteiger partial charge in [0.15, 0.2) is 0 Å². The molecule has 0 spiro atoms. The molecule has 8 heteroatoms. The molecule has 4 rings (SSSR count). The van der Waals surface area contributed by atoms with Gasteiger partial charge in [0, 0.05) is 12.1 Å². The Bertz CT molecular complexity index is 930. The van der Waals surface area contributed by atoms with Crippen molar-refractivity contribution in [2.24, 2.45) is 0 Å². The van der Waals surface area contributed by atoms with Gasteiger partial charge in [-0.05, 0) is 18.2 Å². The first-order chi connectivity index (χ1) is 13.1. The fraction of sp³-hybridized carbons (Fsp3) is 0.263. The minimum atomic E-state index is -2.66. The molecule has 2 heterocycles. The minimum absolute atomic E-state index is 0.118. The number of hydrogen-bond donors (Lipinski definition) is 1. The summed E-state index contributed by atoms with van der Waals surface area (Å²) < 4.78 is 33.0. The van der Waals surface area contributed by atoms with E-state index in [0.717, 1.165) is 15.2 Å². The van der Waals surface area contributed by atoms with E-state index in [9.17, 15) is 13.6 Å². The van der Waals surface area contributed by atoms with Gasteiger partial charge in [0.25, 0.3) is 6.43 Å². The Balaban J connectivity index is 1.60. The van der Waals surface area contributed by atoms with Crippen LogP contribution in [0.3, 0.4) is 0 Å². The second-order valence-corrected chi connectivity index (χ2v) is 7.18. The average Bonchev–Trinajstić information content (AvgIpc) is 3.12. The number of fused-ring (bicyclic) bond motifs is 1. The molecule has 0 bridgehead atoms. The lowest BCUT2D eigenvalue weighted by atomic mass is 10.2. The Hall–Kier alpha value is -2.58. The zero-order chi connectivity index (χ0) is 18.8. The Morgan fingerprint density at radius 1 is 1.22 bits per heavy atom. The first kappa shape index (κ1) is 17.8. The molecule has 140 valence electrons. The van der Waals surface area contributed by atoms with Crippen molar-refractivity contribution in [3.8, 4) is 0 Å². The van der Waals surface area contributed by atoms with E-state index in [0.29, 0.717) is 19.8 Å². The summed E-state index contributed by atoms with van der Waals surface area (Å²) >= 11 is 1.51. The van der Waals surface area contributed by atoms with E-state index in [1.807, 2.05) is 24.3 Å². The molecular weight excluding hydrogens is 372 g/mol. The molecule has 1 saturated heterocycles. The lowest BCUT2D eigenvalue weighted by Gasteiger charge is -2.34. The summed E-state index contributed by atoms with van der Waals surface area (Å²) in [5.41, 5.74) is 0.786. The molecule has 1 aliphatic heterocycles. The van der Waals surface area contributed by atoms with Crippen molar-refractivity contribution in [3.63, 3.8) is 0 Å². The third kappa shape index (κ3) is 3.63. The molecule has 1 aromatic heterocycles. The standard InChI is InChI=1S/C19H17F2N3O2S/c20-17(21)12-5-1-2-6-13(12)23-19(25)24-9-10-26-11-15(24)18-22-14-7-3-4-8-16(14)27-18/h1-8,15,17H,9-11H2,(H,23,25). The molecule has 1 unspecified atom stereocenters. The topological polar surface area (TPSA) is 54.5 Å². The van der Waals surface area contributed by atoms with Crippen LogP contribution in [0.5, 0.6) is 0 Å². The fourth-order valence-electron chi connectivity index (χ4n) is 3.07. The molecule has 0 radical (unpaired) electrons. The second-order valence-electron chi connectivity index (χ2n) is 6.12. The van der Waals surface area contributed by atoms with E-state index < -0.39 is 12.5 Å². The van der Waals surface area contributed by atoms with Crippen molar-refractivity contribution in [3.05, 3.63) is 59.1 Å². The Labute approximate surface area is 158 Å². The van der Waals surface area contributed by atoms with Gasteiger partial charge < -0.3 is 15.0 Å². The molecule has 3 aromatic rings. The first-order valence-electron chi connectivity index (χ1n) is 8.51. The third-order valence-corrected chi connectivity index (χ3v) is 5.56. The van der Waals surface area contributed by atoms with Crippen molar-refractivity contribution in [2.75, 3.05) is 25.1 Å². The van der Waals surface area contributed by atoms with Gasteiger partial charge in [-0.25, -0.2) is 18.6 Å². The number of para-hydroxylation sites is 2. The summed E-state index contributed by atoms with van der Waals surface area (Å²) in [6.45, 7) is 1.08. The number of aromatic nitrogens is 1. The maximum absolute atomic E-state index is 13.2. The number of ether oxygens (including phenoxy) is 1. The molecule has 2 aromatic carbocycles. The maximum atomic E-state index is 13.2. The second kappa shape index (κ2) is 7.58. The van der Waals surface area contributed by atoms with E-state index in [-0.39, 0.29) is 17.3 Å². The number of halogens is 2. The van der Waals surface area contributed by atoms with Gasteiger partial charge in [-0.2, -0.15) is 0 Å². The molecule has 5 nitrogen and oxygen atoms in total. The Kier molecular flexibility index (Phi) is 5.00. The number of nitrogens with zero attached hydrogens (tertiary/aromatic N) is 2. The quantitative estimate of drug-likeness (QED) is 0.697. The van der Waals surface area contributed by atoms with E-state index in [2.05, 4.69) is 10.3 Å². The summed E-state index contributed by atoms with van der Waals surface area (Å²) in [5, 5.41) is 3.39. The molecule has 0 saturated carbocycles. The number of urea groups is 1. The Morgan fingerprint density at radius 2 is 2.00 bits per heavy atom. The van der Waals surface area contributed by atoms with E-state index in [1.165, 1.54) is 29.5 Å². The summed E-state index contributed by atoms with van der Waals surface area (Å²) in [4.78, 5) is 19.1. The van der Waals surface area contributed by atoms with Gasteiger partial charge in [-0.15, -0.1) is 11.3 Å². The van der Waals surface area contributed by atoms with Crippen molar-refractivity contribution in [1.29, 1.82) is 0 Å². The zero-order valence-electron chi connectivity index (χ0n) is 14.3. The summed E-state index contributed by atoms with van der Waals surface area (Å²) in [6.07, 6.45) is -2.66. The predicted molar refractivity (Wildman–Crippen MR) is 100 cm³/mol. The van der Waals surface area contributed by atoms with Crippen LogP contribution in [0.25, 0.3) is 10.2 Å². The fourth-order valence-corrected chi connectivity index (χ4v) is 4.14. The van der Waals surface area contributed by atoms with Gasteiger partial charge in [-0.1, -0.05) is 30.3 Å². The van der Waals surface area contributed by atoms with Crippen molar-refractivity contribution in [2.45, 2.75) is 12.5 Å². The number of rotatable bonds is 3. The number of amides is 2. The van der Waals surface area contributed by atoms with Crippen LogP contribution < -0.4 is 5.32 Å². The van der Waals surface area contributed by atoms with Crippen molar-refractivity contribution >= 4 is 33.3 Å². The minimum Gasteiger partial charge on any atom is -0.377 e. The Morgan fingerprint density at radius 3 is 2.81 bits per heavy atom. The van der Waals surface area contributed by atoms with Crippen molar-refractivity contribution < 1.29 is 18.3 Å². The van der Waals surface area contributed by atoms with E-state index in [4.69, 9.17) is 4.74 Å². The highest BCUT2D eigenvalue weighted by molar-refractivity contribution is 7.18. The van der Waals surface area contributed by atoms with Gasteiger partial charge in [-0.3, -0.25) is 0 Å². The summed E-state index contributed by atoms with van der Waals surface area (Å²) in [5.74, 6) is 0. The number of morpholine rings is 1. The highest BCUT2D eigenvalue weighted by Crippen LogP contribution is 2.32.